The highest BCUT2D eigenvalue weighted by atomic mass is 32.1. The second kappa shape index (κ2) is 2.82. The molecule has 1 aliphatic heterocycles. The topological polar surface area (TPSA) is 9.23 Å². The van der Waals surface area contributed by atoms with E-state index in [0.29, 0.717) is 0 Å². The van der Waals surface area contributed by atoms with Crippen molar-refractivity contribution >= 4 is 11.3 Å². The summed E-state index contributed by atoms with van der Waals surface area (Å²) in [7, 11) is 0. The van der Waals surface area contributed by atoms with Crippen LogP contribution in [-0.2, 0) is 16.8 Å². The van der Waals surface area contributed by atoms with Crippen LogP contribution in [0.5, 0.6) is 0 Å². The van der Waals surface area contributed by atoms with Gasteiger partial charge in [-0.15, -0.1) is 11.3 Å². The first-order valence-corrected chi connectivity index (χ1v) is 5.99. The van der Waals surface area contributed by atoms with Gasteiger partial charge in [-0.2, -0.15) is 0 Å². The minimum Gasteiger partial charge on any atom is -0.369 e. The molecule has 0 amide bonds. The van der Waals surface area contributed by atoms with E-state index >= 15 is 0 Å². The van der Waals surface area contributed by atoms with Crippen molar-refractivity contribution in [3.05, 3.63) is 21.9 Å². The summed E-state index contributed by atoms with van der Waals surface area (Å²) < 4.78 is 6.02. The maximum Gasteiger partial charge on any atom is 0.102 e. The highest BCUT2D eigenvalue weighted by Gasteiger charge is 2.41. The number of fused-ring (bicyclic) bond motifs is 2. The van der Waals surface area contributed by atoms with Crippen molar-refractivity contribution in [3.63, 3.8) is 0 Å². The summed E-state index contributed by atoms with van der Waals surface area (Å²) in [4.78, 5) is 1.54. The molecule has 2 heterocycles. The highest BCUT2D eigenvalue weighted by Crippen LogP contribution is 2.47. The lowest BCUT2D eigenvalue weighted by molar-refractivity contribution is -0.0520. The quantitative estimate of drug-likeness (QED) is 0.616. The third-order valence-corrected chi connectivity index (χ3v) is 4.46. The fraction of sp³-hybridized carbons (Fsp3) is 0.636. The average Bonchev–Trinajstić information content (AvgIpc) is 2.74. The molecule has 1 spiro atoms. The van der Waals surface area contributed by atoms with Gasteiger partial charge in [0.2, 0.25) is 0 Å². The zero-order chi connectivity index (χ0) is 8.73. The van der Waals surface area contributed by atoms with E-state index in [4.69, 9.17) is 4.74 Å². The molecule has 0 aromatic carbocycles. The van der Waals surface area contributed by atoms with E-state index in [1.165, 1.54) is 30.6 Å². The van der Waals surface area contributed by atoms with Crippen LogP contribution in [0.25, 0.3) is 0 Å². The Labute approximate surface area is 82.7 Å². The molecule has 2 aliphatic rings. The van der Waals surface area contributed by atoms with E-state index in [1.54, 1.807) is 5.56 Å². The smallest absolute Gasteiger partial charge is 0.102 e. The number of rotatable bonds is 0. The summed E-state index contributed by atoms with van der Waals surface area (Å²) >= 11 is 1.90. The van der Waals surface area contributed by atoms with Crippen molar-refractivity contribution in [1.82, 2.24) is 0 Å². The minimum absolute atomic E-state index is 0.155. The normalized spacial score (nSPS) is 24.9. The van der Waals surface area contributed by atoms with E-state index < -0.39 is 0 Å². The van der Waals surface area contributed by atoms with Crippen molar-refractivity contribution in [1.29, 1.82) is 0 Å². The van der Waals surface area contributed by atoms with E-state index in [-0.39, 0.29) is 5.60 Å². The Morgan fingerprint density at radius 1 is 1.31 bits per heavy atom. The van der Waals surface area contributed by atoms with E-state index in [0.717, 1.165) is 13.0 Å². The number of hydrogen-bond donors (Lipinski definition) is 0. The van der Waals surface area contributed by atoms with Crippen molar-refractivity contribution in [2.75, 3.05) is 6.61 Å². The molecule has 1 fully saturated rings. The molecular formula is C11H14OS. The van der Waals surface area contributed by atoms with Crippen LogP contribution in [0, 0.1) is 0 Å². The van der Waals surface area contributed by atoms with Crippen LogP contribution in [0.15, 0.2) is 11.4 Å². The van der Waals surface area contributed by atoms with Gasteiger partial charge in [-0.1, -0.05) is 12.8 Å². The van der Waals surface area contributed by atoms with E-state index in [9.17, 15) is 0 Å². The van der Waals surface area contributed by atoms with Crippen molar-refractivity contribution in [2.45, 2.75) is 37.7 Å². The van der Waals surface area contributed by atoms with Gasteiger partial charge in [0.05, 0.1) is 6.61 Å². The molecule has 0 unspecified atom stereocenters. The van der Waals surface area contributed by atoms with E-state index in [1.807, 2.05) is 11.3 Å². The fourth-order valence-electron chi connectivity index (χ4n) is 2.67. The van der Waals surface area contributed by atoms with Crippen molar-refractivity contribution < 1.29 is 4.74 Å². The average molecular weight is 194 g/mol. The summed E-state index contributed by atoms with van der Waals surface area (Å²) in [6.07, 6.45) is 6.32. The molecule has 1 aromatic heterocycles. The predicted molar refractivity (Wildman–Crippen MR) is 54.1 cm³/mol. The van der Waals surface area contributed by atoms with Crippen LogP contribution < -0.4 is 0 Å². The molecule has 0 bridgehead atoms. The third kappa shape index (κ3) is 1.09. The van der Waals surface area contributed by atoms with Gasteiger partial charge in [-0.05, 0) is 36.3 Å². The molecule has 2 heteroatoms. The number of ether oxygens (including phenoxy) is 1. The first-order chi connectivity index (χ1) is 6.41. The van der Waals surface area contributed by atoms with Gasteiger partial charge in [0, 0.05) is 4.88 Å². The Hall–Kier alpha value is -0.340. The summed E-state index contributed by atoms with van der Waals surface area (Å²) in [6, 6.07) is 2.28. The molecule has 0 N–H and O–H groups in total. The van der Waals surface area contributed by atoms with E-state index in [2.05, 4.69) is 11.4 Å². The van der Waals surface area contributed by atoms with Crippen LogP contribution in [0.4, 0.5) is 0 Å². The van der Waals surface area contributed by atoms with Gasteiger partial charge >= 0.3 is 0 Å². The van der Waals surface area contributed by atoms with Gasteiger partial charge in [0.15, 0.2) is 0 Å². The second-order valence-electron chi connectivity index (χ2n) is 4.07. The molecular weight excluding hydrogens is 180 g/mol. The van der Waals surface area contributed by atoms with Gasteiger partial charge in [-0.25, -0.2) is 0 Å². The maximum absolute atomic E-state index is 6.02. The highest BCUT2D eigenvalue weighted by molar-refractivity contribution is 7.10. The monoisotopic (exact) mass is 194 g/mol. The minimum atomic E-state index is 0.155. The summed E-state index contributed by atoms with van der Waals surface area (Å²) in [5.74, 6) is 0. The van der Waals surface area contributed by atoms with Crippen LogP contribution in [0.1, 0.15) is 36.1 Å². The predicted octanol–water partition coefficient (Wildman–Crippen LogP) is 3.09. The Morgan fingerprint density at radius 2 is 2.15 bits per heavy atom. The van der Waals surface area contributed by atoms with Crippen LogP contribution in [0.2, 0.25) is 0 Å². The largest absolute Gasteiger partial charge is 0.369 e. The fourth-order valence-corrected chi connectivity index (χ4v) is 3.84. The first-order valence-electron chi connectivity index (χ1n) is 5.12. The Balaban J connectivity index is 2.08. The zero-order valence-corrected chi connectivity index (χ0v) is 8.53. The molecule has 3 rings (SSSR count). The molecule has 0 saturated heterocycles. The molecule has 1 saturated carbocycles. The van der Waals surface area contributed by atoms with Crippen molar-refractivity contribution in [3.8, 4) is 0 Å². The van der Waals surface area contributed by atoms with Crippen molar-refractivity contribution in [2.24, 2.45) is 0 Å². The first kappa shape index (κ1) is 8.01. The third-order valence-electron chi connectivity index (χ3n) is 3.32. The van der Waals surface area contributed by atoms with Gasteiger partial charge in [-0.3, -0.25) is 0 Å². The summed E-state index contributed by atoms with van der Waals surface area (Å²) in [5, 5.41) is 2.22. The number of thiophene rings is 1. The number of hydrogen-bond acceptors (Lipinski definition) is 2. The summed E-state index contributed by atoms with van der Waals surface area (Å²) in [5.41, 5.74) is 1.71. The molecule has 1 nitrogen and oxygen atoms in total. The standard InChI is InChI=1S/C11H14OS/c1-2-6-11(5-1)10-9(3-7-12-11)4-8-13-10/h4,8H,1-3,5-7H2. The molecule has 1 aromatic rings. The zero-order valence-electron chi connectivity index (χ0n) is 7.71. The molecule has 13 heavy (non-hydrogen) atoms. The Morgan fingerprint density at radius 3 is 3.00 bits per heavy atom. The molecule has 70 valence electrons. The lowest BCUT2D eigenvalue weighted by atomic mass is 9.93. The SMILES string of the molecule is c1cc2c(s1)C1(CCCC1)OCC2. The maximum atomic E-state index is 6.02. The Kier molecular flexibility index (Phi) is 1.74. The lowest BCUT2D eigenvalue weighted by Gasteiger charge is -2.33. The van der Waals surface area contributed by atoms with Gasteiger partial charge < -0.3 is 4.74 Å². The Bertz CT molecular complexity index is 310. The molecule has 0 atom stereocenters. The summed E-state index contributed by atoms with van der Waals surface area (Å²) in [6.45, 7) is 0.934. The molecule has 0 radical (unpaired) electrons. The lowest BCUT2D eigenvalue weighted by Crippen LogP contribution is -2.31. The van der Waals surface area contributed by atoms with Crippen LogP contribution in [0.3, 0.4) is 0 Å². The molecule has 1 aliphatic carbocycles. The van der Waals surface area contributed by atoms with Crippen LogP contribution in [-0.4, -0.2) is 6.61 Å². The van der Waals surface area contributed by atoms with Gasteiger partial charge in [0.25, 0.3) is 0 Å². The van der Waals surface area contributed by atoms with Crippen LogP contribution >= 0.6 is 11.3 Å². The second-order valence-corrected chi connectivity index (χ2v) is 4.99. The van der Waals surface area contributed by atoms with Gasteiger partial charge in [0.1, 0.15) is 5.60 Å².